The van der Waals surface area contributed by atoms with E-state index in [9.17, 15) is 4.79 Å². The van der Waals surface area contributed by atoms with Gasteiger partial charge in [-0.25, -0.2) is 0 Å². The van der Waals surface area contributed by atoms with Crippen LogP contribution in [-0.2, 0) is 9.53 Å². The van der Waals surface area contributed by atoms with E-state index in [1.54, 1.807) is 0 Å². The van der Waals surface area contributed by atoms with Gasteiger partial charge < -0.3 is 14.8 Å². The standard InChI is InChI=1S/C14H20N2O3/c1-2-19-13-5-3-4-12(10-13)15-14(17)11-16-6-8-18-9-7-16/h3-5,10H,2,6-9,11H2,1H3,(H,15,17). The second-order valence-corrected chi connectivity index (χ2v) is 4.40. The lowest BCUT2D eigenvalue weighted by molar-refractivity contribution is -0.118. The number of hydrogen-bond acceptors (Lipinski definition) is 4. The summed E-state index contributed by atoms with van der Waals surface area (Å²) in [4.78, 5) is 14.0. The van der Waals surface area contributed by atoms with Crippen LogP contribution < -0.4 is 10.1 Å². The molecule has 1 fully saturated rings. The molecule has 1 aliphatic heterocycles. The van der Waals surface area contributed by atoms with Gasteiger partial charge in [-0.3, -0.25) is 9.69 Å². The Morgan fingerprint density at radius 2 is 2.21 bits per heavy atom. The number of benzene rings is 1. The molecule has 19 heavy (non-hydrogen) atoms. The number of carbonyl (C=O) groups is 1. The van der Waals surface area contributed by atoms with Gasteiger partial charge in [0, 0.05) is 24.8 Å². The van der Waals surface area contributed by atoms with Crippen LogP contribution in [0.5, 0.6) is 5.75 Å². The third-order valence-corrected chi connectivity index (χ3v) is 2.90. The van der Waals surface area contributed by atoms with E-state index >= 15 is 0 Å². The summed E-state index contributed by atoms with van der Waals surface area (Å²) in [6.07, 6.45) is 0. The van der Waals surface area contributed by atoms with Crippen LogP contribution in [0.3, 0.4) is 0 Å². The first-order valence-corrected chi connectivity index (χ1v) is 6.60. The molecule has 1 aromatic carbocycles. The topological polar surface area (TPSA) is 50.8 Å². The highest BCUT2D eigenvalue weighted by molar-refractivity contribution is 5.92. The fraction of sp³-hybridized carbons (Fsp3) is 0.500. The molecule has 0 aromatic heterocycles. The Bertz CT molecular complexity index is 417. The van der Waals surface area contributed by atoms with Crippen molar-refractivity contribution in [3.8, 4) is 5.75 Å². The van der Waals surface area contributed by atoms with Crippen molar-refractivity contribution in [2.45, 2.75) is 6.92 Å². The first-order chi connectivity index (χ1) is 9.28. The second-order valence-electron chi connectivity index (χ2n) is 4.40. The Kier molecular flexibility index (Phi) is 5.18. The van der Waals surface area contributed by atoms with E-state index in [2.05, 4.69) is 10.2 Å². The van der Waals surface area contributed by atoms with Gasteiger partial charge in [0.1, 0.15) is 5.75 Å². The van der Waals surface area contributed by atoms with Gasteiger partial charge in [0.05, 0.1) is 26.4 Å². The van der Waals surface area contributed by atoms with Crippen LogP contribution in [0.2, 0.25) is 0 Å². The van der Waals surface area contributed by atoms with E-state index in [1.165, 1.54) is 0 Å². The number of nitrogens with zero attached hydrogens (tertiary/aromatic N) is 1. The number of amides is 1. The van der Waals surface area contributed by atoms with Gasteiger partial charge in [-0.1, -0.05) is 6.07 Å². The van der Waals surface area contributed by atoms with Crippen LogP contribution in [0.25, 0.3) is 0 Å². The first kappa shape index (κ1) is 13.8. The van der Waals surface area contributed by atoms with Gasteiger partial charge in [-0.2, -0.15) is 0 Å². The first-order valence-electron chi connectivity index (χ1n) is 6.60. The van der Waals surface area contributed by atoms with E-state index < -0.39 is 0 Å². The predicted molar refractivity (Wildman–Crippen MR) is 73.5 cm³/mol. The molecule has 1 N–H and O–H groups in total. The molecule has 0 atom stereocenters. The van der Waals surface area contributed by atoms with Crippen molar-refractivity contribution in [2.24, 2.45) is 0 Å². The minimum atomic E-state index is -0.00412. The number of ether oxygens (including phenoxy) is 2. The van der Waals surface area contributed by atoms with Gasteiger partial charge in [-0.15, -0.1) is 0 Å². The molecule has 1 saturated heterocycles. The Labute approximate surface area is 113 Å². The van der Waals surface area contributed by atoms with E-state index in [0.29, 0.717) is 26.4 Å². The zero-order valence-corrected chi connectivity index (χ0v) is 11.2. The van der Waals surface area contributed by atoms with Crippen LogP contribution >= 0.6 is 0 Å². The van der Waals surface area contributed by atoms with Crippen LogP contribution in [0, 0.1) is 0 Å². The van der Waals surface area contributed by atoms with Gasteiger partial charge >= 0.3 is 0 Å². The van der Waals surface area contributed by atoms with E-state index in [4.69, 9.17) is 9.47 Å². The van der Waals surface area contributed by atoms with Crippen molar-refractivity contribution in [2.75, 3.05) is 44.8 Å². The maximum absolute atomic E-state index is 11.9. The molecular weight excluding hydrogens is 244 g/mol. The summed E-state index contributed by atoms with van der Waals surface area (Å²) in [5, 5.41) is 2.89. The molecule has 5 heteroatoms. The number of hydrogen-bond donors (Lipinski definition) is 1. The second kappa shape index (κ2) is 7.11. The molecule has 1 amide bonds. The summed E-state index contributed by atoms with van der Waals surface area (Å²) in [6.45, 7) is 5.98. The smallest absolute Gasteiger partial charge is 0.238 e. The lowest BCUT2D eigenvalue weighted by Gasteiger charge is -2.25. The molecule has 0 spiro atoms. The number of morpholine rings is 1. The molecule has 1 heterocycles. The van der Waals surface area contributed by atoms with Gasteiger partial charge in [0.2, 0.25) is 5.91 Å². The molecule has 0 bridgehead atoms. The Morgan fingerprint density at radius 1 is 1.42 bits per heavy atom. The maximum atomic E-state index is 11.9. The third-order valence-electron chi connectivity index (χ3n) is 2.90. The van der Waals surface area contributed by atoms with Gasteiger partial charge in [0.25, 0.3) is 0 Å². The average Bonchev–Trinajstić information content (AvgIpc) is 2.40. The van der Waals surface area contributed by atoms with E-state index in [-0.39, 0.29) is 5.91 Å². The minimum absolute atomic E-state index is 0.00412. The molecule has 1 aliphatic rings. The van der Waals surface area contributed by atoms with Crippen molar-refractivity contribution in [1.29, 1.82) is 0 Å². The van der Waals surface area contributed by atoms with Crippen LogP contribution in [0.1, 0.15) is 6.92 Å². The lowest BCUT2D eigenvalue weighted by atomic mass is 10.3. The molecule has 1 aromatic rings. The largest absolute Gasteiger partial charge is 0.494 e. The molecule has 2 rings (SSSR count). The van der Waals surface area contributed by atoms with Crippen molar-refractivity contribution in [3.63, 3.8) is 0 Å². The zero-order valence-electron chi connectivity index (χ0n) is 11.2. The number of rotatable bonds is 5. The number of carbonyl (C=O) groups excluding carboxylic acids is 1. The third kappa shape index (κ3) is 4.54. The maximum Gasteiger partial charge on any atom is 0.238 e. The van der Waals surface area contributed by atoms with Gasteiger partial charge in [-0.05, 0) is 19.1 Å². The highest BCUT2D eigenvalue weighted by Crippen LogP contribution is 2.17. The Balaban J connectivity index is 1.85. The zero-order chi connectivity index (χ0) is 13.5. The summed E-state index contributed by atoms with van der Waals surface area (Å²) in [5.41, 5.74) is 0.768. The highest BCUT2D eigenvalue weighted by Gasteiger charge is 2.14. The monoisotopic (exact) mass is 264 g/mol. The van der Waals surface area contributed by atoms with Crippen molar-refractivity contribution in [3.05, 3.63) is 24.3 Å². The summed E-state index contributed by atoms with van der Waals surface area (Å²) < 4.78 is 10.7. The summed E-state index contributed by atoms with van der Waals surface area (Å²) in [6, 6.07) is 7.44. The molecule has 0 saturated carbocycles. The van der Waals surface area contributed by atoms with E-state index in [1.807, 2.05) is 31.2 Å². The quantitative estimate of drug-likeness (QED) is 0.872. The number of nitrogens with one attached hydrogen (secondary N) is 1. The average molecular weight is 264 g/mol. The highest BCUT2D eigenvalue weighted by atomic mass is 16.5. The van der Waals surface area contributed by atoms with Crippen molar-refractivity contribution >= 4 is 11.6 Å². The van der Waals surface area contributed by atoms with Crippen LogP contribution in [0.4, 0.5) is 5.69 Å². The summed E-state index contributed by atoms with van der Waals surface area (Å²) >= 11 is 0. The Hall–Kier alpha value is -1.59. The van der Waals surface area contributed by atoms with E-state index in [0.717, 1.165) is 24.5 Å². The fourth-order valence-corrected chi connectivity index (χ4v) is 1.99. The van der Waals surface area contributed by atoms with Crippen LogP contribution in [-0.4, -0.2) is 50.3 Å². The Morgan fingerprint density at radius 3 is 2.95 bits per heavy atom. The van der Waals surface area contributed by atoms with Crippen molar-refractivity contribution < 1.29 is 14.3 Å². The molecule has 104 valence electrons. The lowest BCUT2D eigenvalue weighted by Crippen LogP contribution is -2.41. The van der Waals surface area contributed by atoms with Crippen LogP contribution in [0.15, 0.2) is 24.3 Å². The van der Waals surface area contributed by atoms with Crippen molar-refractivity contribution in [1.82, 2.24) is 4.90 Å². The number of anilines is 1. The molecule has 5 nitrogen and oxygen atoms in total. The SMILES string of the molecule is CCOc1cccc(NC(=O)CN2CCOCC2)c1. The molecular formula is C14H20N2O3. The normalized spacial score (nSPS) is 16.1. The predicted octanol–water partition coefficient (Wildman–Crippen LogP) is 1.36. The summed E-state index contributed by atoms with van der Waals surface area (Å²) in [7, 11) is 0. The fourth-order valence-electron chi connectivity index (χ4n) is 1.99. The van der Waals surface area contributed by atoms with Gasteiger partial charge in [0.15, 0.2) is 0 Å². The minimum Gasteiger partial charge on any atom is -0.494 e. The molecule has 0 radical (unpaired) electrons. The summed E-state index contributed by atoms with van der Waals surface area (Å²) in [5.74, 6) is 0.766. The molecule has 0 unspecified atom stereocenters. The molecule has 0 aliphatic carbocycles.